The standard InChI is InChI=1S/C18H21F2N5O2/c1-24-11-13(10-22-24)17(26)21-9-12-4-6-25(7-5-12)18(27)23-16-3-2-14(19)8-15(16)20/h2-3,8,10-12H,4-7,9H2,1H3,(H,21,26)(H,23,27). The molecule has 1 aliphatic heterocycles. The Bertz CT molecular complexity index is 831. The lowest BCUT2D eigenvalue weighted by atomic mass is 9.97. The van der Waals surface area contributed by atoms with E-state index in [4.69, 9.17) is 0 Å². The van der Waals surface area contributed by atoms with Crippen molar-refractivity contribution in [2.75, 3.05) is 25.0 Å². The second-order valence-corrected chi connectivity index (χ2v) is 6.60. The zero-order chi connectivity index (χ0) is 19.4. The van der Waals surface area contributed by atoms with Crippen LogP contribution in [0.4, 0.5) is 19.3 Å². The average Bonchev–Trinajstić information content (AvgIpc) is 3.09. The summed E-state index contributed by atoms with van der Waals surface area (Å²) in [6, 6.07) is 2.60. The molecule has 0 atom stereocenters. The molecule has 1 aliphatic rings. The van der Waals surface area contributed by atoms with E-state index in [1.54, 1.807) is 22.8 Å². The number of halogens is 2. The SMILES string of the molecule is Cn1cc(C(=O)NCC2CCN(C(=O)Nc3ccc(F)cc3F)CC2)cn1. The Hall–Kier alpha value is -2.97. The zero-order valence-corrected chi connectivity index (χ0v) is 14.9. The fourth-order valence-corrected chi connectivity index (χ4v) is 3.00. The minimum Gasteiger partial charge on any atom is -0.352 e. The minimum absolute atomic E-state index is 0.0488. The summed E-state index contributed by atoms with van der Waals surface area (Å²) in [7, 11) is 1.75. The number of nitrogens with zero attached hydrogens (tertiary/aromatic N) is 3. The van der Waals surface area contributed by atoms with Crippen LogP contribution < -0.4 is 10.6 Å². The lowest BCUT2D eigenvalue weighted by molar-refractivity contribution is 0.0938. The maximum Gasteiger partial charge on any atom is 0.321 e. The monoisotopic (exact) mass is 377 g/mol. The summed E-state index contributed by atoms with van der Waals surface area (Å²) >= 11 is 0. The molecular formula is C18H21F2N5O2. The molecule has 1 saturated heterocycles. The summed E-state index contributed by atoms with van der Waals surface area (Å²) in [6.45, 7) is 1.53. The Labute approximate surface area is 155 Å². The van der Waals surface area contributed by atoms with Crippen LogP contribution in [-0.4, -0.2) is 46.3 Å². The van der Waals surface area contributed by atoms with Crippen molar-refractivity contribution in [3.05, 3.63) is 47.8 Å². The largest absolute Gasteiger partial charge is 0.352 e. The number of benzene rings is 1. The molecule has 27 heavy (non-hydrogen) atoms. The molecule has 3 amide bonds. The van der Waals surface area contributed by atoms with Crippen molar-refractivity contribution in [3.63, 3.8) is 0 Å². The number of aromatic nitrogens is 2. The highest BCUT2D eigenvalue weighted by molar-refractivity contribution is 5.93. The molecule has 0 spiro atoms. The first-order chi connectivity index (χ1) is 12.9. The van der Waals surface area contributed by atoms with E-state index in [0.717, 1.165) is 25.0 Å². The molecular weight excluding hydrogens is 356 g/mol. The molecule has 0 radical (unpaired) electrons. The fourth-order valence-electron chi connectivity index (χ4n) is 3.00. The van der Waals surface area contributed by atoms with Crippen LogP contribution in [-0.2, 0) is 7.05 Å². The number of carbonyl (C=O) groups excluding carboxylic acids is 2. The molecule has 2 N–H and O–H groups in total. The van der Waals surface area contributed by atoms with E-state index in [1.165, 1.54) is 12.3 Å². The first-order valence-electron chi connectivity index (χ1n) is 8.70. The molecule has 0 saturated carbocycles. The number of hydrogen-bond donors (Lipinski definition) is 2. The zero-order valence-electron chi connectivity index (χ0n) is 14.9. The van der Waals surface area contributed by atoms with Crippen molar-refractivity contribution in [1.82, 2.24) is 20.0 Å². The number of aryl methyl sites for hydroxylation is 1. The van der Waals surface area contributed by atoms with Crippen LogP contribution >= 0.6 is 0 Å². The van der Waals surface area contributed by atoms with Gasteiger partial charge in [-0.3, -0.25) is 9.48 Å². The topological polar surface area (TPSA) is 79.3 Å². The van der Waals surface area contributed by atoms with Crippen molar-refractivity contribution < 1.29 is 18.4 Å². The smallest absolute Gasteiger partial charge is 0.321 e. The maximum absolute atomic E-state index is 13.6. The highest BCUT2D eigenvalue weighted by Gasteiger charge is 2.24. The molecule has 3 rings (SSSR count). The van der Waals surface area contributed by atoms with Gasteiger partial charge in [-0.2, -0.15) is 5.10 Å². The third kappa shape index (κ3) is 4.81. The van der Waals surface area contributed by atoms with Crippen molar-refractivity contribution in [2.24, 2.45) is 13.0 Å². The van der Waals surface area contributed by atoms with Crippen LogP contribution in [0.15, 0.2) is 30.6 Å². The van der Waals surface area contributed by atoms with Crippen LogP contribution in [0.1, 0.15) is 23.2 Å². The van der Waals surface area contributed by atoms with Gasteiger partial charge in [-0.1, -0.05) is 0 Å². The Kier molecular flexibility index (Phi) is 5.68. The van der Waals surface area contributed by atoms with Gasteiger partial charge in [0, 0.05) is 38.9 Å². The number of likely N-dealkylation sites (tertiary alicyclic amines) is 1. The molecule has 9 heteroatoms. The third-order valence-electron chi connectivity index (χ3n) is 4.59. The van der Waals surface area contributed by atoms with Gasteiger partial charge in [0.15, 0.2) is 0 Å². The minimum atomic E-state index is -0.809. The first-order valence-corrected chi connectivity index (χ1v) is 8.70. The lowest BCUT2D eigenvalue weighted by Gasteiger charge is -2.32. The van der Waals surface area contributed by atoms with Gasteiger partial charge in [0.1, 0.15) is 11.6 Å². The molecule has 0 unspecified atom stereocenters. The van der Waals surface area contributed by atoms with Crippen LogP contribution in [0, 0.1) is 17.6 Å². The van der Waals surface area contributed by atoms with Crippen molar-refractivity contribution in [1.29, 1.82) is 0 Å². The Morgan fingerprint density at radius 3 is 2.63 bits per heavy atom. The van der Waals surface area contributed by atoms with E-state index in [0.29, 0.717) is 25.2 Å². The molecule has 1 aromatic heterocycles. The number of piperidine rings is 1. The second kappa shape index (κ2) is 8.15. The van der Waals surface area contributed by atoms with E-state index in [1.807, 2.05) is 0 Å². The molecule has 0 aliphatic carbocycles. The second-order valence-electron chi connectivity index (χ2n) is 6.60. The number of carbonyl (C=O) groups is 2. The first kappa shape index (κ1) is 18.8. The number of rotatable bonds is 4. The Morgan fingerprint density at radius 2 is 2.00 bits per heavy atom. The summed E-state index contributed by atoms with van der Waals surface area (Å²) in [6.07, 6.45) is 4.62. The van der Waals surface area contributed by atoms with Gasteiger partial charge >= 0.3 is 6.03 Å². The maximum atomic E-state index is 13.6. The Morgan fingerprint density at radius 1 is 1.26 bits per heavy atom. The molecule has 2 heterocycles. The molecule has 7 nitrogen and oxygen atoms in total. The van der Waals surface area contributed by atoms with E-state index in [-0.39, 0.29) is 17.5 Å². The predicted octanol–water partition coefficient (Wildman–Crippen LogP) is 2.37. The van der Waals surface area contributed by atoms with Gasteiger partial charge in [-0.25, -0.2) is 13.6 Å². The van der Waals surface area contributed by atoms with Gasteiger partial charge in [0.05, 0.1) is 17.4 Å². The van der Waals surface area contributed by atoms with E-state index in [2.05, 4.69) is 15.7 Å². The van der Waals surface area contributed by atoms with E-state index >= 15 is 0 Å². The highest BCUT2D eigenvalue weighted by atomic mass is 19.1. The van der Waals surface area contributed by atoms with Gasteiger partial charge in [0.2, 0.25) is 0 Å². The summed E-state index contributed by atoms with van der Waals surface area (Å²) in [5.41, 5.74) is 0.461. The van der Waals surface area contributed by atoms with Gasteiger partial charge in [-0.15, -0.1) is 0 Å². The summed E-state index contributed by atoms with van der Waals surface area (Å²) in [5.74, 6) is -1.41. The molecule has 1 fully saturated rings. The van der Waals surface area contributed by atoms with Crippen molar-refractivity contribution >= 4 is 17.6 Å². The molecule has 1 aromatic carbocycles. The van der Waals surface area contributed by atoms with E-state index in [9.17, 15) is 18.4 Å². The number of nitrogens with one attached hydrogen (secondary N) is 2. The van der Waals surface area contributed by atoms with Crippen LogP contribution in [0.5, 0.6) is 0 Å². The number of anilines is 1. The van der Waals surface area contributed by atoms with Crippen LogP contribution in [0.3, 0.4) is 0 Å². The summed E-state index contributed by atoms with van der Waals surface area (Å²) in [4.78, 5) is 25.9. The average molecular weight is 377 g/mol. The van der Waals surface area contributed by atoms with Crippen molar-refractivity contribution in [3.8, 4) is 0 Å². The third-order valence-corrected chi connectivity index (χ3v) is 4.59. The van der Waals surface area contributed by atoms with Crippen LogP contribution in [0.25, 0.3) is 0 Å². The summed E-state index contributed by atoms with van der Waals surface area (Å²) < 4.78 is 28.1. The molecule has 2 aromatic rings. The quantitative estimate of drug-likeness (QED) is 0.859. The molecule has 144 valence electrons. The van der Waals surface area contributed by atoms with Gasteiger partial charge < -0.3 is 15.5 Å². The number of amides is 3. The van der Waals surface area contributed by atoms with Gasteiger partial charge in [0.25, 0.3) is 5.91 Å². The fraction of sp³-hybridized carbons (Fsp3) is 0.389. The lowest BCUT2D eigenvalue weighted by Crippen LogP contribution is -2.43. The number of hydrogen-bond acceptors (Lipinski definition) is 3. The summed E-state index contributed by atoms with van der Waals surface area (Å²) in [5, 5.41) is 9.31. The van der Waals surface area contributed by atoms with Gasteiger partial charge in [-0.05, 0) is 30.9 Å². The van der Waals surface area contributed by atoms with Crippen LogP contribution in [0.2, 0.25) is 0 Å². The van der Waals surface area contributed by atoms with E-state index < -0.39 is 17.7 Å². The normalized spacial score (nSPS) is 14.9. The van der Waals surface area contributed by atoms with Crippen molar-refractivity contribution in [2.45, 2.75) is 12.8 Å². The Balaban J connectivity index is 1.44. The predicted molar refractivity (Wildman–Crippen MR) is 95.2 cm³/mol. The number of urea groups is 1. The highest BCUT2D eigenvalue weighted by Crippen LogP contribution is 2.19. The molecule has 0 bridgehead atoms.